The number of para-hydroxylation sites is 2. The first kappa shape index (κ1) is 16.2. The molecule has 23 heavy (non-hydrogen) atoms. The molecule has 0 atom stereocenters. The number of carbonyl (C=O) groups excluding carboxylic acids is 1. The van der Waals surface area contributed by atoms with Gasteiger partial charge >= 0.3 is 0 Å². The third-order valence-electron chi connectivity index (χ3n) is 5.30. The molecule has 1 aliphatic carbocycles. The van der Waals surface area contributed by atoms with E-state index in [2.05, 4.69) is 28.9 Å². The molecule has 1 aliphatic heterocycles. The molecule has 3 rings (SSSR count). The Morgan fingerprint density at radius 3 is 2.43 bits per heavy atom. The number of ether oxygens (including phenoxy) is 1. The van der Waals surface area contributed by atoms with E-state index in [4.69, 9.17) is 4.74 Å². The van der Waals surface area contributed by atoms with Crippen LogP contribution in [0.1, 0.15) is 39.5 Å². The molecule has 2 fully saturated rings. The molecule has 1 aromatic rings. The van der Waals surface area contributed by atoms with Gasteiger partial charge in [0.15, 0.2) is 0 Å². The Morgan fingerprint density at radius 2 is 1.78 bits per heavy atom. The minimum Gasteiger partial charge on any atom is -0.492 e. The van der Waals surface area contributed by atoms with E-state index in [9.17, 15) is 4.79 Å². The maximum absolute atomic E-state index is 12.8. The van der Waals surface area contributed by atoms with E-state index in [0.717, 1.165) is 50.5 Å². The number of rotatable bonds is 4. The van der Waals surface area contributed by atoms with Crippen LogP contribution in [-0.2, 0) is 4.79 Å². The van der Waals surface area contributed by atoms with Gasteiger partial charge in [-0.1, -0.05) is 31.9 Å². The van der Waals surface area contributed by atoms with E-state index in [-0.39, 0.29) is 5.41 Å². The molecule has 1 saturated heterocycles. The van der Waals surface area contributed by atoms with Crippen molar-refractivity contribution in [1.29, 1.82) is 0 Å². The van der Waals surface area contributed by atoms with Crippen LogP contribution in [0.15, 0.2) is 24.3 Å². The summed E-state index contributed by atoms with van der Waals surface area (Å²) in [6.07, 6.45) is 4.51. The van der Waals surface area contributed by atoms with Crippen LogP contribution in [-0.4, -0.2) is 43.6 Å². The lowest BCUT2D eigenvalue weighted by Crippen LogP contribution is -2.52. The first-order valence-corrected chi connectivity index (χ1v) is 8.90. The lowest BCUT2D eigenvalue weighted by Gasteiger charge is -2.39. The van der Waals surface area contributed by atoms with Crippen molar-refractivity contribution in [3.63, 3.8) is 0 Å². The molecule has 1 heterocycles. The summed E-state index contributed by atoms with van der Waals surface area (Å²) in [6.45, 7) is 8.23. The van der Waals surface area contributed by atoms with Crippen LogP contribution >= 0.6 is 0 Å². The minimum atomic E-state index is -0.106. The smallest absolute Gasteiger partial charge is 0.228 e. The number of hydrogen-bond donors (Lipinski definition) is 0. The van der Waals surface area contributed by atoms with Gasteiger partial charge in [-0.05, 0) is 31.9 Å². The zero-order valence-corrected chi connectivity index (χ0v) is 14.4. The highest BCUT2D eigenvalue weighted by Crippen LogP contribution is 2.39. The topological polar surface area (TPSA) is 32.8 Å². The van der Waals surface area contributed by atoms with Gasteiger partial charge in [0.2, 0.25) is 5.91 Å². The lowest BCUT2D eigenvalue weighted by molar-refractivity contribution is -0.141. The average Bonchev–Trinajstić information content (AvgIpc) is 3.03. The molecule has 0 N–H and O–H groups in total. The standard InChI is InChI=1S/C19H28N2O2/c1-3-23-17-9-5-4-8-16(17)20-12-14-21(15-13-20)18(22)19(2)10-6-7-11-19/h4-5,8-9H,3,6-7,10-15H2,1-2H3. The Bertz CT molecular complexity index is 544. The molecule has 1 aromatic carbocycles. The van der Waals surface area contributed by atoms with Gasteiger partial charge in [-0.3, -0.25) is 4.79 Å². The van der Waals surface area contributed by atoms with E-state index in [1.807, 2.05) is 19.1 Å². The molecule has 0 unspecified atom stereocenters. The normalized spacial score (nSPS) is 20.6. The predicted octanol–water partition coefficient (Wildman–Crippen LogP) is 3.31. The molecule has 1 saturated carbocycles. The van der Waals surface area contributed by atoms with Crippen molar-refractivity contribution in [2.24, 2.45) is 5.41 Å². The Kier molecular flexibility index (Phi) is 4.79. The van der Waals surface area contributed by atoms with Crippen molar-refractivity contribution >= 4 is 11.6 Å². The number of piperazine rings is 1. The molecule has 0 aromatic heterocycles. The second kappa shape index (κ2) is 6.81. The molecular weight excluding hydrogens is 288 g/mol. The zero-order valence-electron chi connectivity index (χ0n) is 14.4. The summed E-state index contributed by atoms with van der Waals surface area (Å²) >= 11 is 0. The second-order valence-corrected chi connectivity index (χ2v) is 6.95. The number of nitrogens with zero attached hydrogens (tertiary/aromatic N) is 2. The highest BCUT2D eigenvalue weighted by Gasteiger charge is 2.39. The first-order chi connectivity index (χ1) is 11.1. The quantitative estimate of drug-likeness (QED) is 0.854. The third-order valence-corrected chi connectivity index (χ3v) is 5.30. The fraction of sp³-hybridized carbons (Fsp3) is 0.632. The molecule has 4 heteroatoms. The predicted molar refractivity (Wildman–Crippen MR) is 93.0 cm³/mol. The molecule has 1 amide bonds. The van der Waals surface area contributed by atoms with Gasteiger partial charge in [-0.2, -0.15) is 0 Å². The maximum atomic E-state index is 12.8. The molecule has 2 aliphatic rings. The summed E-state index contributed by atoms with van der Waals surface area (Å²) in [5.41, 5.74) is 1.04. The molecule has 0 spiro atoms. The first-order valence-electron chi connectivity index (χ1n) is 8.90. The average molecular weight is 316 g/mol. The summed E-state index contributed by atoms with van der Waals surface area (Å²) in [7, 11) is 0. The van der Waals surface area contributed by atoms with Crippen LogP contribution in [0.5, 0.6) is 5.75 Å². The van der Waals surface area contributed by atoms with Gasteiger partial charge in [0.05, 0.1) is 12.3 Å². The molecule has 4 nitrogen and oxygen atoms in total. The molecule has 0 bridgehead atoms. The monoisotopic (exact) mass is 316 g/mol. The van der Waals surface area contributed by atoms with Crippen LogP contribution in [0.25, 0.3) is 0 Å². The van der Waals surface area contributed by atoms with Crippen molar-refractivity contribution < 1.29 is 9.53 Å². The summed E-state index contributed by atoms with van der Waals surface area (Å²) in [4.78, 5) is 17.2. The SMILES string of the molecule is CCOc1ccccc1N1CCN(C(=O)C2(C)CCCC2)CC1. The highest BCUT2D eigenvalue weighted by atomic mass is 16.5. The summed E-state index contributed by atoms with van der Waals surface area (Å²) in [6, 6.07) is 8.20. The highest BCUT2D eigenvalue weighted by molar-refractivity contribution is 5.83. The summed E-state index contributed by atoms with van der Waals surface area (Å²) in [5.74, 6) is 1.31. The fourth-order valence-corrected chi connectivity index (χ4v) is 3.90. The van der Waals surface area contributed by atoms with Gasteiger partial charge < -0.3 is 14.5 Å². The molecular formula is C19H28N2O2. The van der Waals surface area contributed by atoms with Gasteiger partial charge in [0.1, 0.15) is 5.75 Å². The van der Waals surface area contributed by atoms with Gasteiger partial charge in [0.25, 0.3) is 0 Å². The Morgan fingerprint density at radius 1 is 1.13 bits per heavy atom. The van der Waals surface area contributed by atoms with Crippen molar-refractivity contribution in [2.45, 2.75) is 39.5 Å². The van der Waals surface area contributed by atoms with Gasteiger partial charge in [0, 0.05) is 31.6 Å². The van der Waals surface area contributed by atoms with Crippen LogP contribution in [0.3, 0.4) is 0 Å². The van der Waals surface area contributed by atoms with E-state index in [0.29, 0.717) is 12.5 Å². The number of benzene rings is 1. The van der Waals surface area contributed by atoms with E-state index < -0.39 is 0 Å². The van der Waals surface area contributed by atoms with Crippen LogP contribution in [0.4, 0.5) is 5.69 Å². The minimum absolute atomic E-state index is 0.106. The van der Waals surface area contributed by atoms with Crippen molar-refractivity contribution in [2.75, 3.05) is 37.7 Å². The number of carbonyl (C=O) groups is 1. The Balaban J connectivity index is 1.63. The number of anilines is 1. The Hall–Kier alpha value is -1.71. The third kappa shape index (κ3) is 3.31. The van der Waals surface area contributed by atoms with Gasteiger partial charge in [-0.15, -0.1) is 0 Å². The number of amides is 1. The van der Waals surface area contributed by atoms with Gasteiger partial charge in [-0.25, -0.2) is 0 Å². The van der Waals surface area contributed by atoms with E-state index in [1.54, 1.807) is 0 Å². The number of hydrogen-bond acceptors (Lipinski definition) is 3. The van der Waals surface area contributed by atoms with Crippen LogP contribution in [0.2, 0.25) is 0 Å². The zero-order chi connectivity index (χ0) is 16.3. The largest absolute Gasteiger partial charge is 0.492 e. The molecule has 0 radical (unpaired) electrons. The van der Waals surface area contributed by atoms with E-state index >= 15 is 0 Å². The van der Waals surface area contributed by atoms with Crippen LogP contribution in [0, 0.1) is 5.41 Å². The van der Waals surface area contributed by atoms with Crippen molar-refractivity contribution in [3.05, 3.63) is 24.3 Å². The fourth-order valence-electron chi connectivity index (χ4n) is 3.90. The van der Waals surface area contributed by atoms with E-state index in [1.165, 1.54) is 12.8 Å². The lowest BCUT2D eigenvalue weighted by atomic mass is 9.87. The molecule has 126 valence electrons. The second-order valence-electron chi connectivity index (χ2n) is 6.95. The van der Waals surface area contributed by atoms with Crippen molar-refractivity contribution in [1.82, 2.24) is 4.90 Å². The van der Waals surface area contributed by atoms with Crippen molar-refractivity contribution in [3.8, 4) is 5.75 Å². The van der Waals surface area contributed by atoms with Crippen LogP contribution < -0.4 is 9.64 Å². The Labute approximate surface area is 139 Å². The maximum Gasteiger partial charge on any atom is 0.228 e. The summed E-state index contributed by atoms with van der Waals surface area (Å²) < 4.78 is 5.74. The summed E-state index contributed by atoms with van der Waals surface area (Å²) in [5, 5.41) is 0.